The molecule has 114 valence electrons. The first kappa shape index (κ1) is 15.8. The van der Waals surface area contributed by atoms with Crippen LogP contribution >= 0.6 is 11.6 Å². The summed E-state index contributed by atoms with van der Waals surface area (Å²) in [4.78, 5) is 25.5. The lowest BCUT2D eigenvalue weighted by molar-refractivity contribution is -0.152. The molecule has 1 N–H and O–H groups in total. The molecule has 5 nitrogen and oxygen atoms in total. The Bertz CT molecular complexity index is 577. The quantitative estimate of drug-likeness (QED) is 0.868. The number of methoxy groups -OCH3 is 1. The van der Waals surface area contributed by atoms with Gasteiger partial charge in [0.15, 0.2) is 0 Å². The lowest BCUT2D eigenvalue weighted by atomic mass is 9.90. The molecule has 0 aromatic heterocycles. The lowest BCUT2D eigenvalue weighted by Gasteiger charge is -2.33. The normalized spacial score (nSPS) is 29.3. The topological polar surface area (TPSA) is 66.8 Å². The maximum absolute atomic E-state index is 12.1. The molecule has 1 aromatic rings. The Hall–Kier alpha value is -1.59. The Morgan fingerprint density at radius 2 is 2.05 bits per heavy atom. The second kappa shape index (κ2) is 5.66. The molecule has 0 unspecified atom stereocenters. The van der Waals surface area contributed by atoms with Gasteiger partial charge in [-0.1, -0.05) is 29.8 Å². The number of likely N-dealkylation sites (tertiary alicyclic amines) is 1. The number of hydrogen-bond donors (Lipinski definition) is 1. The van der Waals surface area contributed by atoms with Gasteiger partial charge in [0.2, 0.25) is 0 Å². The number of halogens is 1. The molecule has 0 aliphatic carbocycles. The van der Waals surface area contributed by atoms with Gasteiger partial charge in [-0.25, -0.2) is 0 Å². The Kier molecular flexibility index (Phi) is 4.25. The minimum atomic E-state index is -0.984. The van der Waals surface area contributed by atoms with Crippen LogP contribution in [-0.2, 0) is 14.3 Å². The van der Waals surface area contributed by atoms with Crippen molar-refractivity contribution in [2.24, 2.45) is 5.92 Å². The van der Waals surface area contributed by atoms with Gasteiger partial charge in [-0.3, -0.25) is 14.5 Å². The largest absolute Gasteiger partial charge is 0.481 e. The minimum Gasteiger partial charge on any atom is -0.481 e. The second-order valence-corrected chi connectivity index (χ2v) is 5.90. The van der Waals surface area contributed by atoms with E-state index in [4.69, 9.17) is 16.3 Å². The monoisotopic (exact) mass is 311 g/mol. The van der Waals surface area contributed by atoms with E-state index in [1.54, 1.807) is 37.1 Å². The van der Waals surface area contributed by atoms with Gasteiger partial charge in [0.1, 0.15) is 5.54 Å². The number of carbonyl (C=O) groups excluding carboxylic acids is 1. The van der Waals surface area contributed by atoms with E-state index in [-0.39, 0.29) is 6.42 Å². The average molecular weight is 312 g/mol. The maximum Gasteiger partial charge on any atom is 0.326 e. The molecular weight excluding hydrogens is 294 g/mol. The molecule has 2 rings (SSSR count). The summed E-state index contributed by atoms with van der Waals surface area (Å²) in [6, 6.07) is 6.64. The Morgan fingerprint density at radius 1 is 1.43 bits per heavy atom. The molecule has 0 spiro atoms. The maximum atomic E-state index is 12.1. The van der Waals surface area contributed by atoms with Crippen LogP contribution in [0.2, 0.25) is 5.02 Å². The predicted octanol–water partition coefficient (Wildman–Crippen LogP) is 2.35. The Labute approximate surface area is 128 Å². The van der Waals surface area contributed by atoms with Crippen LogP contribution in [0.3, 0.4) is 0 Å². The smallest absolute Gasteiger partial charge is 0.326 e. The lowest BCUT2D eigenvalue weighted by Crippen LogP contribution is -2.47. The third kappa shape index (κ3) is 2.51. The van der Waals surface area contributed by atoms with Crippen LogP contribution in [-0.4, -0.2) is 41.6 Å². The van der Waals surface area contributed by atoms with Crippen LogP contribution in [0, 0.1) is 5.92 Å². The molecule has 0 radical (unpaired) electrons. The number of benzene rings is 1. The third-order valence-electron chi connectivity index (χ3n) is 4.36. The molecule has 1 aromatic carbocycles. The number of hydrogen-bond acceptors (Lipinski definition) is 4. The number of carboxylic acids is 1. The molecule has 21 heavy (non-hydrogen) atoms. The fourth-order valence-electron chi connectivity index (χ4n) is 3.07. The van der Waals surface area contributed by atoms with Gasteiger partial charge >= 0.3 is 11.9 Å². The van der Waals surface area contributed by atoms with Gasteiger partial charge in [0, 0.05) is 5.02 Å². The van der Waals surface area contributed by atoms with Crippen molar-refractivity contribution in [3.63, 3.8) is 0 Å². The van der Waals surface area contributed by atoms with Crippen molar-refractivity contribution in [2.75, 3.05) is 14.2 Å². The zero-order valence-electron chi connectivity index (χ0n) is 12.2. The van der Waals surface area contributed by atoms with Crippen LogP contribution in [0.1, 0.15) is 24.9 Å². The number of ether oxygens (including phenoxy) is 1. The summed E-state index contributed by atoms with van der Waals surface area (Å²) in [6.45, 7) is 1.70. The summed E-state index contributed by atoms with van der Waals surface area (Å²) < 4.78 is 4.84. The van der Waals surface area contributed by atoms with Crippen LogP contribution in [0.4, 0.5) is 0 Å². The SMILES string of the molecule is COC(=O)[C@]1(C)C[C@H](C(=O)O)[C@H](c2ccccc2Cl)N1C. The standard InChI is InChI=1S/C15H18ClNO4/c1-15(14(20)21-3)8-10(13(18)19)12(17(15)2)9-6-4-5-7-11(9)16/h4-7,10,12H,8H2,1-3H3,(H,18,19)/t10-,12-,15-/m0/s1. The molecule has 1 fully saturated rings. The van der Waals surface area contributed by atoms with Crippen molar-refractivity contribution < 1.29 is 19.4 Å². The molecule has 1 aliphatic rings. The van der Waals surface area contributed by atoms with E-state index in [0.717, 1.165) is 0 Å². The third-order valence-corrected chi connectivity index (χ3v) is 4.70. The Morgan fingerprint density at radius 3 is 2.57 bits per heavy atom. The zero-order chi connectivity index (χ0) is 15.8. The fourth-order valence-corrected chi connectivity index (χ4v) is 3.32. The van der Waals surface area contributed by atoms with Crippen LogP contribution < -0.4 is 0 Å². The van der Waals surface area contributed by atoms with Gasteiger partial charge in [-0.15, -0.1) is 0 Å². The fraction of sp³-hybridized carbons (Fsp3) is 0.467. The Balaban J connectivity index is 2.50. The van der Waals surface area contributed by atoms with Crippen molar-refractivity contribution in [1.29, 1.82) is 0 Å². The van der Waals surface area contributed by atoms with E-state index in [9.17, 15) is 14.7 Å². The van der Waals surface area contributed by atoms with E-state index in [1.165, 1.54) is 7.11 Å². The molecule has 1 aliphatic heterocycles. The first-order chi connectivity index (χ1) is 9.82. The van der Waals surface area contributed by atoms with Crippen LogP contribution in [0.15, 0.2) is 24.3 Å². The van der Waals surface area contributed by atoms with Crippen molar-refractivity contribution in [3.05, 3.63) is 34.9 Å². The van der Waals surface area contributed by atoms with Gasteiger partial charge in [-0.2, -0.15) is 0 Å². The summed E-state index contributed by atoms with van der Waals surface area (Å²) in [6.07, 6.45) is 0.182. The first-order valence-corrected chi connectivity index (χ1v) is 6.99. The number of carboxylic acid groups (broad SMARTS) is 1. The number of likely N-dealkylation sites (N-methyl/N-ethyl adjacent to an activating group) is 1. The minimum absolute atomic E-state index is 0.182. The van der Waals surface area contributed by atoms with Crippen molar-refractivity contribution in [1.82, 2.24) is 4.90 Å². The second-order valence-electron chi connectivity index (χ2n) is 5.49. The van der Waals surface area contributed by atoms with E-state index >= 15 is 0 Å². The molecular formula is C15H18ClNO4. The van der Waals surface area contributed by atoms with Gasteiger partial charge in [0.25, 0.3) is 0 Å². The molecule has 1 saturated heterocycles. The predicted molar refractivity (Wildman–Crippen MR) is 78.1 cm³/mol. The summed E-state index contributed by atoms with van der Waals surface area (Å²) in [7, 11) is 3.04. The highest BCUT2D eigenvalue weighted by molar-refractivity contribution is 6.31. The highest BCUT2D eigenvalue weighted by atomic mass is 35.5. The number of aliphatic carboxylic acids is 1. The number of carbonyl (C=O) groups is 2. The average Bonchev–Trinajstić information content (AvgIpc) is 2.73. The molecule has 1 heterocycles. The molecule has 0 bridgehead atoms. The van der Waals surface area contributed by atoms with Crippen molar-refractivity contribution >= 4 is 23.5 Å². The summed E-state index contributed by atoms with van der Waals surface area (Å²) in [5.41, 5.74) is -0.275. The van der Waals surface area contributed by atoms with E-state index in [1.807, 2.05) is 6.07 Å². The summed E-state index contributed by atoms with van der Waals surface area (Å²) in [5, 5.41) is 10.0. The first-order valence-electron chi connectivity index (χ1n) is 6.61. The summed E-state index contributed by atoms with van der Waals surface area (Å²) >= 11 is 6.21. The number of nitrogens with zero attached hydrogens (tertiary/aromatic N) is 1. The zero-order valence-corrected chi connectivity index (χ0v) is 12.9. The molecule has 0 amide bonds. The summed E-state index contributed by atoms with van der Waals surface area (Å²) in [5.74, 6) is -2.11. The van der Waals surface area contributed by atoms with Gasteiger partial charge in [0.05, 0.1) is 19.1 Å². The molecule has 0 saturated carbocycles. The van der Waals surface area contributed by atoms with Crippen molar-refractivity contribution in [2.45, 2.75) is 24.9 Å². The highest BCUT2D eigenvalue weighted by Crippen LogP contribution is 2.47. The van der Waals surface area contributed by atoms with E-state index in [2.05, 4.69) is 0 Å². The van der Waals surface area contributed by atoms with Crippen LogP contribution in [0.5, 0.6) is 0 Å². The van der Waals surface area contributed by atoms with E-state index < -0.39 is 29.4 Å². The highest BCUT2D eigenvalue weighted by Gasteiger charge is 2.55. The van der Waals surface area contributed by atoms with Crippen LogP contribution in [0.25, 0.3) is 0 Å². The molecule has 6 heteroatoms. The number of esters is 1. The van der Waals surface area contributed by atoms with Gasteiger partial charge < -0.3 is 9.84 Å². The number of rotatable bonds is 3. The van der Waals surface area contributed by atoms with E-state index in [0.29, 0.717) is 10.6 Å². The van der Waals surface area contributed by atoms with Crippen molar-refractivity contribution in [3.8, 4) is 0 Å². The van der Waals surface area contributed by atoms with Gasteiger partial charge in [-0.05, 0) is 32.0 Å². The molecule has 3 atom stereocenters.